The minimum Gasteiger partial charge on any atom is -0.422 e. The van der Waals surface area contributed by atoms with Gasteiger partial charge in [-0.25, -0.2) is 4.79 Å². The van der Waals surface area contributed by atoms with Crippen LogP contribution in [0.1, 0.15) is 0 Å². The molecule has 0 fully saturated rings. The van der Waals surface area contributed by atoms with Crippen LogP contribution in [0, 0.1) is 0 Å². The van der Waals surface area contributed by atoms with Gasteiger partial charge in [0.25, 0.3) is 10.0 Å². The predicted molar refractivity (Wildman–Crippen MR) is 65.7 cm³/mol. The first kappa shape index (κ1) is 12.6. The van der Waals surface area contributed by atoms with Crippen LogP contribution in [0.25, 0.3) is 0 Å². The molecular formula is C10H7ClN2O4S. The number of ether oxygens (including phenoxy) is 1. The molecule has 8 heteroatoms. The van der Waals surface area contributed by atoms with Crippen LogP contribution in [-0.2, 0) is 14.8 Å². The number of carbonyl (C=O) groups excluding carboxylic acids is 1. The van der Waals surface area contributed by atoms with E-state index in [-0.39, 0.29) is 11.5 Å². The van der Waals surface area contributed by atoms with Gasteiger partial charge in [0, 0.05) is 11.1 Å². The third-order valence-electron chi connectivity index (χ3n) is 2.01. The van der Waals surface area contributed by atoms with Crippen LogP contribution >= 0.6 is 11.6 Å². The van der Waals surface area contributed by atoms with Crippen molar-refractivity contribution in [3.05, 3.63) is 40.4 Å². The molecule has 0 saturated heterocycles. The molecule has 1 aliphatic heterocycles. The van der Waals surface area contributed by atoms with Crippen molar-refractivity contribution in [1.29, 1.82) is 0 Å². The number of rotatable bonds is 2. The number of carbonyl (C=O) groups is 1. The monoisotopic (exact) mass is 286 g/mol. The van der Waals surface area contributed by atoms with Gasteiger partial charge in [-0.05, 0) is 18.2 Å². The first-order valence-corrected chi connectivity index (χ1v) is 6.50. The molecule has 0 aliphatic carbocycles. The van der Waals surface area contributed by atoms with E-state index in [9.17, 15) is 13.2 Å². The van der Waals surface area contributed by atoms with Crippen molar-refractivity contribution in [1.82, 2.24) is 0 Å². The topological polar surface area (TPSA) is 98.8 Å². The minimum absolute atomic E-state index is 0.187. The summed E-state index contributed by atoms with van der Waals surface area (Å²) in [4.78, 5) is 11.6. The Balaban J connectivity index is 2.21. The molecule has 94 valence electrons. The van der Waals surface area contributed by atoms with Gasteiger partial charge in [0.05, 0.1) is 0 Å². The summed E-state index contributed by atoms with van der Waals surface area (Å²) in [5.74, 6) is -0.729. The second kappa shape index (κ2) is 4.43. The predicted octanol–water partition coefficient (Wildman–Crippen LogP) is 0.830. The van der Waals surface area contributed by atoms with Crippen molar-refractivity contribution >= 4 is 33.3 Å². The summed E-state index contributed by atoms with van der Waals surface area (Å²) in [5.41, 5.74) is 4.82. The van der Waals surface area contributed by atoms with Crippen molar-refractivity contribution in [3.8, 4) is 5.75 Å². The van der Waals surface area contributed by atoms with Gasteiger partial charge in [-0.2, -0.15) is 12.8 Å². The third kappa shape index (κ3) is 2.52. The van der Waals surface area contributed by atoms with E-state index < -0.39 is 21.0 Å². The molecule has 2 N–H and O–H groups in total. The largest absolute Gasteiger partial charge is 0.422 e. The SMILES string of the molecule is NC1=CC(C(=O)Oc2cccc(Cl)c2)=NS1(=O)=O. The van der Waals surface area contributed by atoms with E-state index in [4.69, 9.17) is 22.1 Å². The fourth-order valence-corrected chi connectivity index (χ4v) is 2.14. The Labute approximate surface area is 108 Å². The Kier molecular flexibility index (Phi) is 3.10. The molecule has 0 spiro atoms. The van der Waals surface area contributed by atoms with Crippen molar-refractivity contribution in [2.24, 2.45) is 10.1 Å². The molecule has 0 atom stereocenters. The van der Waals surface area contributed by atoms with E-state index >= 15 is 0 Å². The number of benzene rings is 1. The van der Waals surface area contributed by atoms with Crippen LogP contribution in [0.5, 0.6) is 5.75 Å². The van der Waals surface area contributed by atoms with Crippen molar-refractivity contribution in [2.45, 2.75) is 0 Å². The summed E-state index contributed by atoms with van der Waals surface area (Å²) in [6.07, 6.45) is 0.947. The summed E-state index contributed by atoms with van der Waals surface area (Å²) in [7, 11) is -3.92. The molecule has 0 unspecified atom stereocenters. The van der Waals surface area contributed by atoms with Crippen LogP contribution in [0.2, 0.25) is 5.02 Å². The summed E-state index contributed by atoms with van der Waals surface area (Å²) in [6.45, 7) is 0. The fourth-order valence-electron chi connectivity index (χ4n) is 1.20. The molecule has 0 bridgehead atoms. The van der Waals surface area contributed by atoms with Gasteiger partial charge < -0.3 is 10.5 Å². The maximum atomic E-state index is 11.6. The lowest BCUT2D eigenvalue weighted by Gasteiger charge is -2.02. The highest BCUT2D eigenvalue weighted by Gasteiger charge is 2.27. The quantitative estimate of drug-likeness (QED) is 0.641. The van der Waals surface area contributed by atoms with Crippen LogP contribution < -0.4 is 10.5 Å². The van der Waals surface area contributed by atoms with Gasteiger partial charge in [-0.1, -0.05) is 17.7 Å². The van der Waals surface area contributed by atoms with Gasteiger partial charge in [0.15, 0.2) is 10.7 Å². The van der Waals surface area contributed by atoms with Crippen molar-refractivity contribution in [3.63, 3.8) is 0 Å². The third-order valence-corrected chi connectivity index (χ3v) is 3.40. The first-order chi connectivity index (χ1) is 8.38. The summed E-state index contributed by atoms with van der Waals surface area (Å²) in [6, 6.07) is 6.11. The van der Waals surface area contributed by atoms with Gasteiger partial charge in [0.2, 0.25) is 0 Å². The number of nitrogens with zero attached hydrogens (tertiary/aromatic N) is 1. The van der Waals surface area contributed by atoms with Gasteiger partial charge in [-0.3, -0.25) is 0 Å². The van der Waals surface area contributed by atoms with Gasteiger partial charge in [-0.15, -0.1) is 0 Å². The summed E-state index contributed by atoms with van der Waals surface area (Å²) < 4.78 is 30.4. The number of hydrogen-bond acceptors (Lipinski definition) is 5. The lowest BCUT2D eigenvalue weighted by atomic mass is 10.3. The minimum atomic E-state index is -3.92. The second-order valence-corrected chi connectivity index (χ2v) is 5.39. The van der Waals surface area contributed by atoms with E-state index in [1.807, 2.05) is 0 Å². The lowest BCUT2D eigenvalue weighted by molar-refractivity contribution is -0.126. The zero-order valence-corrected chi connectivity index (χ0v) is 10.4. The first-order valence-electron chi connectivity index (χ1n) is 4.68. The number of hydrogen-bond donors (Lipinski definition) is 1. The van der Waals surface area contributed by atoms with E-state index in [2.05, 4.69) is 4.40 Å². The second-order valence-electron chi connectivity index (χ2n) is 3.35. The van der Waals surface area contributed by atoms with E-state index in [1.165, 1.54) is 12.1 Å². The Morgan fingerprint density at radius 1 is 1.39 bits per heavy atom. The molecule has 6 nitrogen and oxygen atoms in total. The van der Waals surface area contributed by atoms with Crippen molar-refractivity contribution in [2.75, 3.05) is 0 Å². The molecule has 1 aromatic rings. The smallest absolute Gasteiger partial charge is 0.363 e. The molecule has 0 radical (unpaired) electrons. The Hall–Kier alpha value is -1.86. The van der Waals surface area contributed by atoms with E-state index in [0.29, 0.717) is 5.02 Å². The lowest BCUT2D eigenvalue weighted by Crippen LogP contribution is -2.17. The molecule has 1 aromatic carbocycles. The van der Waals surface area contributed by atoms with Crippen molar-refractivity contribution < 1.29 is 17.9 Å². The zero-order valence-electron chi connectivity index (χ0n) is 8.83. The zero-order chi connectivity index (χ0) is 13.3. The standard InChI is InChI=1S/C10H7ClN2O4S/c11-6-2-1-3-7(4-6)17-10(14)8-5-9(12)18(15,16)13-8/h1-5H,12H2. The number of nitrogens with two attached hydrogens (primary N) is 1. The normalized spacial score (nSPS) is 16.9. The maximum absolute atomic E-state index is 11.6. The van der Waals surface area contributed by atoms with Crippen LogP contribution in [-0.4, -0.2) is 20.1 Å². The Morgan fingerprint density at radius 3 is 2.67 bits per heavy atom. The molecule has 18 heavy (non-hydrogen) atoms. The van der Waals surface area contributed by atoms with Crippen LogP contribution in [0.4, 0.5) is 0 Å². The molecular weight excluding hydrogens is 280 g/mol. The number of sulfonamides is 1. The molecule has 0 aromatic heterocycles. The summed E-state index contributed by atoms with van der Waals surface area (Å²) in [5, 5.41) is -0.100. The van der Waals surface area contributed by atoms with E-state index in [0.717, 1.165) is 6.08 Å². The van der Waals surface area contributed by atoms with Crippen LogP contribution in [0.3, 0.4) is 0 Å². The highest BCUT2D eigenvalue weighted by Crippen LogP contribution is 2.18. The molecule has 0 saturated carbocycles. The Bertz CT molecular complexity index is 679. The average molecular weight is 287 g/mol. The number of halogens is 1. The molecule has 0 amide bonds. The Morgan fingerprint density at radius 2 is 2.11 bits per heavy atom. The van der Waals surface area contributed by atoms with E-state index in [1.54, 1.807) is 12.1 Å². The molecule has 1 heterocycles. The summed E-state index contributed by atoms with van der Waals surface area (Å²) >= 11 is 5.71. The van der Waals surface area contributed by atoms with Crippen LogP contribution in [0.15, 0.2) is 39.8 Å². The number of esters is 1. The average Bonchev–Trinajstić information content (AvgIpc) is 2.53. The van der Waals surface area contributed by atoms with Gasteiger partial charge >= 0.3 is 5.97 Å². The molecule has 2 rings (SSSR count). The maximum Gasteiger partial charge on any atom is 0.363 e. The highest BCUT2D eigenvalue weighted by atomic mass is 35.5. The fraction of sp³-hybridized carbons (Fsp3) is 0. The van der Waals surface area contributed by atoms with Gasteiger partial charge in [0.1, 0.15) is 5.75 Å². The highest BCUT2D eigenvalue weighted by molar-refractivity contribution is 7.94. The molecule has 1 aliphatic rings.